The van der Waals surface area contributed by atoms with E-state index in [9.17, 15) is 14.7 Å². The Morgan fingerprint density at radius 2 is 2.08 bits per heavy atom. The minimum absolute atomic E-state index is 0.00276. The van der Waals surface area contributed by atoms with Gasteiger partial charge < -0.3 is 31.9 Å². The fourth-order valence-corrected chi connectivity index (χ4v) is 2.33. The average Bonchev–Trinajstić information content (AvgIpc) is 2.52. The molecule has 1 aromatic rings. The molecule has 10 nitrogen and oxygen atoms in total. The summed E-state index contributed by atoms with van der Waals surface area (Å²) >= 11 is 0. The largest absolute Gasteiger partial charge is 0.459 e. The number of aliphatic hydroxyl groups excluding tert-OH is 1. The van der Waals surface area contributed by atoms with Crippen molar-refractivity contribution >= 4 is 23.4 Å². The summed E-state index contributed by atoms with van der Waals surface area (Å²) in [7, 11) is 0. The van der Waals surface area contributed by atoms with Crippen LogP contribution in [0.1, 0.15) is 20.8 Å². The number of aliphatic hydroxyl groups is 1. The first-order chi connectivity index (χ1) is 11.2. The van der Waals surface area contributed by atoms with Crippen molar-refractivity contribution in [1.29, 1.82) is 0 Å². The molecule has 8 N–H and O–H groups in total. The summed E-state index contributed by atoms with van der Waals surface area (Å²) in [6, 6.07) is -1.31. The van der Waals surface area contributed by atoms with Crippen LogP contribution in [0.4, 0.5) is 17.5 Å². The Balaban J connectivity index is 2.04. The monoisotopic (exact) mass is 340 g/mol. The van der Waals surface area contributed by atoms with Gasteiger partial charge in [0.2, 0.25) is 5.95 Å². The third kappa shape index (κ3) is 3.77. The van der Waals surface area contributed by atoms with E-state index in [0.717, 1.165) is 0 Å². The van der Waals surface area contributed by atoms with Gasteiger partial charge in [-0.25, -0.2) is 0 Å². The highest BCUT2D eigenvalue weighted by Gasteiger charge is 2.33. The number of anilines is 3. The van der Waals surface area contributed by atoms with Crippen LogP contribution in [-0.4, -0.2) is 51.9 Å². The van der Waals surface area contributed by atoms with Gasteiger partial charge in [0.25, 0.3) is 5.56 Å². The lowest BCUT2D eigenvalue weighted by Gasteiger charge is -2.33. The van der Waals surface area contributed by atoms with E-state index in [4.69, 9.17) is 16.2 Å². The number of hydrogen-bond acceptors (Lipinski definition) is 9. The van der Waals surface area contributed by atoms with E-state index in [1.807, 2.05) is 13.8 Å². The Bertz CT molecular complexity index is 661. The fourth-order valence-electron chi connectivity index (χ4n) is 2.33. The molecule has 0 saturated heterocycles. The Hall–Kier alpha value is -2.33. The zero-order valence-electron chi connectivity index (χ0n) is 13.9. The van der Waals surface area contributed by atoms with Crippen molar-refractivity contribution < 1.29 is 14.6 Å². The molecule has 1 aliphatic rings. The van der Waals surface area contributed by atoms with Crippen molar-refractivity contribution in [2.24, 2.45) is 11.7 Å². The third-order valence-corrected chi connectivity index (χ3v) is 3.94. The van der Waals surface area contributed by atoms with Crippen molar-refractivity contribution in [3.8, 4) is 0 Å². The van der Waals surface area contributed by atoms with Crippen molar-refractivity contribution in [3.05, 3.63) is 10.4 Å². The fraction of sp³-hybridized carbons (Fsp3) is 0.643. The van der Waals surface area contributed by atoms with E-state index in [0.29, 0.717) is 5.82 Å². The molecule has 1 aromatic heterocycles. The van der Waals surface area contributed by atoms with Crippen LogP contribution in [0, 0.1) is 5.92 Å². The highest BCUT2D eigenvalue weighted by Crippen LogP contribution is 2.22. The maximum atomic E-state index is 11.9. The summed E-state index contributed by atoms with van der Waals surface area (Å²) in [5.74, 6) is -0.338. The molecule has 2 heterocycles. The molecule has 4 atom stereocenters. The highest BCUT2D eigenvalue weighted by molar-refractivity contribution is 5.76. The molecule has 0 aromatic carbocycles. The maximum Gasteiger partial charge on any atom is 0.323 e. The minimum atomic E-state index is -1.05. The van der Waals surface area contributed by atoms with Crippen LogP contribution >= 0.6 is 0 Å². The number of hydrogen-bond donors (Lipinski definition) is 6. The molecule has 0 radical (unpaired) electrons. The van der Waals surface area contributed by atoms with E-state index >= 15 is 0 Å². The second-order valence-electron chi connectivity index (χ2n) is 6.21. The lowest BCUT2D eigenvalue weighted by Crippen LogP contribution is -2.51. The van der Waals surface area contributed by atoms with Gasteiger partial charge in [0.15, 0.2) is 5.82 Å². The SMILES string of the molecule is CC(C)[C@H](N)C(=O)O[C@@H](C)[C@H](O)C1CNc2nc(N)[nH]c(=O)c2N1. The van der Waals surface area contributed by atoms with Gasteiger partial charge in [-0.3, -0.25) is 14.6 Å². The number of carbonyl (C=O) groups excluding carboxylic acids is 1. The number of rotatable bonds is 5. The molecule has 0 aliphatic carbocycles. The van der Waals surface area contributed by atoms with E-state index in [1.54, 1.807) is 6.92 Å². The number of ether oxygens (including phenoxy) is 1. The Kier molecular flexibility index (Phi) is 5.30. The second-order valence-corrected chi connectivity index (χ2v) is 6.21. The predicted molar refractivity (Wildman–Crippen MR) is 89.5 cm³/mol. The molecule has 0 fully saturated rings. The van der Waals surface area contributed by atoms with Crippen LogP contribution in [-0.2, 0) is 9.53 Å². The number of aromatic nitrogens is 2. The standard InChI is InChI=1S/C14H24N6O4/c1-5(2)8(15)13(23)24-6(3)10(21)7-4-17-11-9(18-7)12(22)20-14(16)19-11/h5-8,10,18,21H,4,15H2,1-3H3,(H4,16,17,19,20,22)/t6-,7?,8-,10-/m0/s1. The molecule has 1 aliphatic heterocycles. The Morgan fingerprint density at radius 3 is 2.71 bits per heavy atom. The quantitative estimate of drug-likeness (QED) is 0.362. The van der Waals surface area contributed by atoms with Gasteiger partial charge in [-0.05, 0) is 12.8 Å². The first-order valence-electron chi connectivity index (χ1n) is 7.75. The van der Waals surface area contributed by atoms with Crippen molar-refractivity contribution in [2.45, 2.75) is 45.1 Å². The summed E-state index contributed by atoms with van der Waals surface area (Å²) in [6.07, 6.45) is -1.85. The van der Waals surface area contributed by atoms with Gasteiger partial charge in [-0.15, -0.1) is 0 Å². The number of nitrogens with one attached hydrogen (secondary N) is 3. The second kappa shape index (κ2) is 7.05. The van der Waals surface area contributed by atoms with Crippen LogP contribution in [0.15, 0.2) is 4.79 Å². The molecule has 0 bridgehead atoms. The summed E-state index contributed by atoms with van der Waals surface area (Å²) in [6.45, 7) is 5.46. The van der Waals surface area contributed by atoms with Gasteiger partial charge in [0, 0.05) is 6.54 Å². The van der Waals surface area contributed by atoms with Gasteiger partial charge in [0.1, 0.15) is 23.9 Å². The molecule has 134 valence electrons. The molecule has 2 rings (SSSR count). The van der Waals surface area contributed by atoms with E-state index < -0.39 is 35.8 Å². The number of H-pyrrole nitrogens is 1. The molecule has 0 spiro atoms. The van der Waals surface area contributed by atoms with Crippen molar-refractivity contribution in [2.75, 3.05) is 22.9 Å². The number of carbonyl (C=O) groups is 1. The zero-order valence-corrected chi connectivity index (χ0v) is 13.9. The van der Waals surface area contributed by atoms with Crippen LogP contribution in [0.2, 0.25) is 0 Å². The number of fused-ring (bicyclic) bond motifs is 1. The number of nitrogens with two attached hydrogens (primary N) is 2. The normalized spacial score (nSPS) is 20.3. The third-order valence-electron chi connectivity index (χ3n) is 3.94. The summed E-state index contributed by atoms with van der Waals surface area (Å²) < 4.78 is 5.22. The Labute approximate surface area is 139 Å². The van der Waals surface area contributed by atoms with Crippen LogP contribution in [0.25, 0.3) is 0 Å². The van der Waals surface area contributed by atoms with Crippen LogP contribution in [0.5, 0.6) is 0 Å². The lowest BCUT2D eigenvalue weighted by atomic mass is 10.0. The highest BCUT2D eigenvalue weighted by atomic mass is 16.6. The van der Waals surface area contributed by atoms with Crippen LogP contribution < -0.4 is 27.7 Å². The summed E-state index contributed by atoms with van der Waals surface area (Å²) in [5, 5.41) is 16.2. The molecular weight excluding hydrogens is 316 g/mol. The number of aromatic amines is 1. The van der Waals surface area contributed by atoms with Crippen molar-refractivity contribution in [1.82, 2.24) is 9.97 Å². The minimum Gasteiger partial charge on any atom is -0.459 e. The first-order valence-corrected chi connectivity index (χ1v) is 7.75. The molecule has 0 amide bonds. The maximum absolute atomic E-state index is 11.9. The smallest absolute Gasteiger partial charge is 0.323 e. The topological polar surface area (TPSA) is 168 Å². The van der Waals surface area contributed by atoms with Crippen LogP contribution in [0.3, 0.4) is 0 Å². The van der Waals surface area contributed by atoms with Gasteiger partial charge >= 0.3 is 5.97 Å². The molecular formula is C14H24N6O4. The number of nitrogens with zero attached hydrogens (tertiary/aromatic N) is 1. The lowest BCUT2D eigenvalue weighted by molar-refractivity contribution is -0.156. The predicted octanol–water partition coefficient (Wildman–Crippen LogP) is -1.17. The van der Waals surface area contributed by atoms with Gasteiger partial charge in [-0.2, -0.15) is 4.98 Å². The average molecular weight is 340 g/mol. The van der Waals surface area contributed by atoms with Gasteiger partial charge in [-0.1, -0.05) is 13.8 Å². The summed E-state index contributed by atoms with van der Waals surface area (Å²) in [4.78, 5) is 30.1. The molecule has 1 unspecified atom stereocenters. The molecule has 0 saturated carbocycles. The number of nitrogen functional groups attached to an aromatic ring is 1. The molecule has 24 heavy (non-hydrogen) atoms. The van der Waals surface area contributed by atoms with Crippen molar-refractivity contribution in [3.63, 3.8) is 0 Å². The zero-order chi connectivity index (χ0) is 18.0. The Morgan fingerprint density at radius 1 is 1.42 bits per heavy atom. The first kappa shape index (κ1) is 18.0. The summed E-state index contributed by atoms with van der Waals surface area (Å²) in [5.41, 5.74) is 10.9. The van der Waals surface area contributed by atoms with E-state index in [-0.39, 0.29) is 24.1 Å². The van der Waals surface area contributed by atoms with Gasteiger partial charge in [0.05, 0.1) is 6.04 Å². The molecule has 10 heteroatoms. The number of esters is 1. The van der Waals surface area contributed by atoms with E-state index in [1.165, 1.54) is 0 Å². The van der Waals surface area contributed by atoms with E-state index in [2.05, 4.69) is 20.6 Å².